The lowest BCUT2D eigenvalue weighted by atomic mass is 10.3. The second kappa shape index (κ2) is 6.28. The first-order valence-electron chi connectivity index (χ1n) is 5.48. The number of hydrogen-bond acceptors (Lipinski definition) is 4. The molecule has 2 rings (SSSR count). The van der Waals surface area contributed by atoms with Crippen LogP contribution in [0.3, 0.4) is 0 Å². The van der Waals surface area contributed by atoms with Crippen molar-refractivity contribution in [1.29, 1.82) is 0 Å². The minimum Gasteiger partial charge on any atom is -0.308 e. The largest absolute Gasteiger partial charge is 0.324 e. The van der Waals surface area contributed by atoms with Crippen LogP contribution in [0.1, 0.15) is 0 Å². The molecule has 2 amide bonds. The molecule has 0 aliphatic heterocycles. The summed E-state index contributed by atoms with van der Waals surface area (Å²) >= 11 is 2.11. The quantitative estimate of drug-likeness (QED) is 0.482. The van der Waals surface area contributed by atoms with Crippen molar-refractivity contribution in [3.63, 3.8) is 0 Å². The predicted molar refractivity (Wildman–Crippen MR) is 82.7 cm³/mol. The van der Waals surface area contributed by atoms with Gasteiger partial charge in [-0.3, -0.25) is 15.4 Å². The Bertz CT molecular complexity index is 628. The normalized spacial score (nSPS) is 9.85. The molecular formula is C12H9IN4O3. The van der Waals surface area contributed by atoms with Crippen molar-refractivity contribution in [1.82, 2.24) is 4.98 Å². The molecule has 0 saturated carbocycles. The molecule has 8 heteroatoms. The van der Waals surface area contributed by atoms with Crippen LogP contribution < -0.4 is 10.6 Å². The number of halogens is 1. The summed E-state index contributed by atoms with van der Waals surface area (Å²) in [6.07, 6.45) is 1.63. The van der Waals surface area contributed by atoms with Crippen molar-refractivity contribution in [2.75, 3.05) is 10.6 Å². The van der Waals surface area contributed by atoms with Crippen molar-refractivity contribution in [3.05, 3.63) is 56.3 Å². The number of nitro groups is 1. The summed E-state index contributed by atoms with van der Waals surface area (Å²) in [5.41, 5.74) is 0.425. The fraction of sp³-hybridized carbons (Fsp3) is 0. The molecule has 0 aliphatic carbocycles. The summed E-state index contributed by atoms with van der Waals surface area (Å²) in [4.78, 5) is 25.7. The minimum absolute atomic E-state index is 0.0322. The first-order chi connectivity index (χ1) is 9.54. The van der Waals surface area contributed by atoms with Crippen molar-refractivity contribution in [3.8, 4) is 0 Å². The number of urea groups is 1. The minimum atomic E-state index is -0.501. The molecule has 7 nitrogen and oxygen atoms in total. The highest BCUT2D eigenvalue weighted by Crippen LogP contribution is 2.15. The van der Waals surface area contributed by atoms with Crippen LogP contribution in [0.5, 0.6) is 0 Å². The van der Waals surface area contributed by atoms with Crippen LogP contribution in [0.2, 0.25) is 0 Å². The number of pyridine rings is 1. The maximum atomic E-state index is 11.7. The van der Waals surface area contributed by atoms with E-state index in [1.54, 1.807) is 12.3 Å². The van der Waals surface area contributed by atoms with E-state index in [4.69, 9.17) is 0 Å². The highest BCUT2D eigenvalue weighted by atomic mass is 127. The van der Waals surface area contributed by atoms with Gasteiger partial charge in [-0.1, -0.05) is 0 Å². The van der Waals surface area contributed by atoms with Crippen LogP contribution in [0.4, 0.5) is 22.0 Å². The highest BCUT2D eigenvalue weighted by molar-refractivity contribution is 14.1. The van der Waals surface area contributed by atoms with Crippen molar-refractivity contribution >= 4 is 45.8 Å². The van der Waals surface area contributed by atoms with E-state index in [0.29, 0.717) is 11.5 Å². The lowest BCUT2D eigenvalue weighted by Crippen LogP contribution is -2.20. The lowest BCUT2D eigenvalue weighted by Gasteiger charge is -2.06. The van der Waals surface area contributed by atoms with E-state index >= 15 is 0 Å². The van der Waals surface area contributed by atoms with E-state index < -0.39 is 11.0 Å². The molecule has 0 saturated heterocycles. The van der Waals surface area contributed by atoms with Crippen LogP contribution in [0.15, 0.2) is 42.6 Å². The molecule has 0 unspecified atom stereocenters. The monoisotopic (exact) mass is 384 g/mol. The molecule has 1 aromatic carbocycles. The van der Waals surface area contributed by atoms with Gasteiger partial charge in [-0.2, -0.15) is 0 Å². The van der Waals surface area contributed by atoms with Crippen LogP contribution in [0.25, 0.3) is 0 Å². The molecule has 2 N–H and O–H groups in total. The predicted octanol–water partition coefficient (Wildman–Crippen LogP) is 3.24. The molecule has 2 aromatic rings. The maximum Gasteiger partial charge on any atom is 0.324 e. The molecule has 0 radical (unpaired) electrons. The van der Waals surface area contributed by atoms with Gasteiger partial charge in [0.25, 0.3) is 5.69 Å². The number of benzene rings is 1. The molecule has 0 spiro atoms. The molecule has 20 heavy (non-hydrogen) atoms. The maximum absolute atomic E-state index is 11.7. The fourth-order valence-corrected chi connectivity index (χ4v) is 1.71. The average Bonchev–Trinajstić information content (AvgIpc) is 2.42. The summed E-state index contributed by atoms with van der Waals surface area (Å²) in [6.45, 7) is 0. The van der Waals surface area contributed by atoms with Gasteiger partial charge in [-0.25, -0.2) is 9.78 Å². The molecule has 0 aliphatic rings. The molecule has 0 bridgehead atoms. The van der Waals surface area contributed by atoms with Gasteiger partial charge in [0.2, 0.25) is 0 Å². The Labute approximate surface area is 127 Å². The zero-order chi connectivity index (χ0) is 14.5. The summed E-state index contributed by atoms with van der Waals surface area (Å²) in [6, 6.07) is 8.58. The van der Waals surface area contributed by atoms with Gasteiger partial charge in [0.05, 0.1) is 4.92 Å². The zero-order valence-electron chi connectivity index (χ0n) is 10.0. The van der Waals surface area contributed by atoms with E-state index in [1.165, 1.54) is 24.3 Å². The molecule has 1 heterocycles. The van der Waals surface area contributed by atoms with Crippen molar-refractivity contribution in [2.24, 2.45) is 0 Å². The number of nitro benzene ring substituents is 1. The van der Waals surface area contributed by atoms with Crippen LogP contribution in [0, 0.1) is 13.7 Å². The van der Waals surface area contributed by atoms with E-state index in [1.807, 2.05) is 6.07 Å². The number of rotatable bonds is 3. The number of hydrogen-bond donors (Lipinski definition) is 2. The molecule has 0 fully saturated rings. The number of nitrogens with zero attached hydrogens (tertiary/aromatic N) is 2. The summed E-state index contributed by atoms with van der Waals surface area (Å²) in [5, 5.41) is 15.6. The van der Waals surface area contributed by atoms with Gasteiger partial charge >= 0.3 is 6.03 Å². The first-order valence-corrected chi connectivity index (χ1v) is 6.56. The number of carbonyl (C=O) groups is 1. The van der Waals surface area contributed by atoms with Gasteiger partial charge in [0.1, 0.15) is 5.82 Å². The summed E-state index contributed by atoms with van der Waals surface area (Å²) in [5.74, 6) is 0.421. The van der Waals surface area contributed by atoms with E-state index in [9.17, 15) is 14.9 Å². The Hall–Kier alpha value is -2.23. The van der Waals surface area contributed by atoms with Crippen LogP contribution in [-0.4, -0.2) is 15.9 Å². The number of anilines is 2. The van der Waals surface area contributed by atoms with Gasteiger partial charge in [0, 0.05) is 27.6 Å². The second-order valence-corrected chi connectivity index (χ2v) is 4.99. The van der Waals surface area contributed by atoms with Crippen molar-refractivity contribution < 1.29 is 9.72 Å². The lowest BCUT2D eigenvalue weighted by molar-refractivity contribution is -0.384. The smallest absolute Gasteiger partial charge is 0.308 e. The average molecular weight is 384 g/mol. The number of amides is 2. The number of aromatic nitrogens is 1. The number of nitrogens with one attached hydrogen (secondary N) is 2. The summed E-state index contributed by atoms with van der Waals surface area (Å²) in [7, 11) is 0. The van der Waals surface area contributed by atoms with Gasteiger partial charge in [-0.05, 0) is 46.9 Å². The third kappa shape index (κ3) is 3.88. The number of carbonyl (C=O) groups excluding carboxylic acids is 1. The second-order valence-electron chi connectivity index (χ2n) is 3.74. The van der Waals surface area contributed by atoms with E-state index in [-0.39, 0.29) is 5.69 Å². The van der Waals surface area contributed by atoms with Gasteiger partial charge in [-0.15, -0.1) is 0 Å². The highest BCUT2D eigenvalue weighted by Gasteiger charge is 2.06. The Kier molecular flexibility index (Phi) is 4.45. The molecule has 0 atom stereocenters. The Balaban J connectivity index is 1.97. The van der Waals surface area contributed by atoms with Crippen LogP contribution in [-0.2, 0) is 0 Å². The van der Waals surface area contributed by atoms with E-state index in [2.05, 4.69) is 38.2 Å². The third-order valence-electron chi connectivity index (χ3n) is 2.30. The van der Waals surface area contributed by atoms with Crippen molar-refractivity contribution in [2.45, 2.75) is 0 Å². The Morgan fingerprint density at radius 1 is 1.15 bits per heavy atom. The van der Waals surface area contributed by atoms with Crippen LogP contribution >= 0.6 is 22.6 Å². The standard InChI is InChI=1S/C12H9IN4O3/c13-8-1-6-11(14-7-8)16-12(18)15-9-2-4-10(5-3-9)17(19)20/h1-7H,(H2,14,15,16,18). The molecule has 1 aromatic heterocycles. The third-order valence-corrected chi connectivity index (χ3v) is 2.94. The van der Waals surface area contributed by atoms with E-state index in [0.717, 1.165) is 3.57 Å². The zero-order valence-corrected chi connectivity index (χ0v) is 12.2. The fourth-order valence-electron chi connectivity index (χ4n) is 1.39. The number of non-ortho nitro benzene ring substituents is 1. The molecular weight excluding hydrogens is 375 g/mol. The first kappa shape index (κ1) is 14.2. The topological polar surface area (TPSA) is 97.2 Å². The molecule has 102 valence electrons. The van der Waals surface area contributed by atoms with Gasteiger partial charge < -0.3 is 5.32 Å². The van der Waals surface area contributed by atoms with Gasteiger partial charge in [0.15, 0.2) is 0 Å². The SMILES string of the molecule is O=C(Nc1ccc([N+](=O)[O-])cc1)Nc1ccc(I)cn1. The summed E-state index contributed by atoms with van der Waals surface area (Å²) < 4.78 is 0.962. The Morgan fingerprint density at radius 3 is 2.40 bits per heavy atom. The Morgan fingerprint density at radius 2 is 1.85 bits per heavy atom.